The molecule has 6 heteroatoms. The average Bonchev–Trinajstić information content (AvgIpc) is 3.00. The second-order valence-corrected chi connectivity index (χ2v) is 6.02. The second kappa shape index (κ2) is 6.12. The van der Waals surface area contributed by atoms with Gasteiger partial charge >= 0.3 is 5.97 Å². The minimum atomic E-state index is -1.01. The van der Waals surface area contributed by atoms with Crippen LogP contribution in [0.2, 0.25) is 0 Å². The van der Waals surface area contributed by atoms with Crippen molar-refractivity contribution in [3.8, 4) is 22.8 Å². The number of halogens is 1. The smallest absolute Gasteiger partial charge is 0.336 e. The number of hydrogen-bond acceptors (Lipinski definition) is 4. The van der Waals surface area contributed by atoms with Gasteiger partial charge in [-0.15, -0.1) is 0 Å². The lowest BCUT2D eigenvalue weighted by Gasteiger charge is -2.08. The van der Waals surface area contributed by atoms with E-state index >= 15 is 0 Å². The van der Waals surface area contributed by atoms with E-state index in [0.29, 0.717) is 16.7 Å². The van der Waals surface area contributed by atoms with Gasteiger partial charge in [0.1, 0.15) is 5.82 Å². The zero-order valence-corrected chi connectivity index (χ0v) is 14.3. The van der Waals surface area contributed by atoms with Gasteiger partial charge in [-0.25, -0.2) is 9.18 Å². The molecule has 0 radical (unpaired) electrons. The van der Waals surface area contributed by atoms with Crippen LogP contribution in [0.15, 0.2) is 28.8 Å². The molecule has 0 amide bonds. The summed E-state index contributed by atoms with van der Waals surface area (Å²) in [6.07, 6.45) is 0. The molecule has 0 bridgehead atoms. The largest absolute Gasteiger partial charge is 0.478 e. The van der Waals surface area contributed by atoms with Crippen LogP contribution in [0.5, 0.6) is 0 Å². The number of carboxylic acid groups (broad SMARTS) is 1. The molecular weight excluding hydrogens is 323 g/mol. The summed E-state index contributed by atoms with van der Waals surface area (Å²) in [6.45, 7) is 7.09. The van der Waals surface area contributed by atoms with E-state index in [1.54, 1.807) is 39.0 Å². The van der Waals surface area contributed by atoms with E-state index in [2.05, 4.69) is 10.1 Å². The van der Waals surface area contributed by atoms with Gasteiger partial charge in [0.05, 0.1) is 11.1 Å². The maximum Gasteiger partial charge on any atom is 0.336 e. The third-order valence-electron chi connectivity index (χ3n) is 4.45. The highest BCUT2D eigenvalue weighted by atomic mass is 19.1. The number of aromatic nitrogens is 2. The van der Waals surface area contributed by atoms with Crippen molar-refractivity contribution < 1.29 is 18.8 Å². The van der Waals surface area contributed by atoms with Crippen LogP contribution in [0, 0.1) is 33.5 Å². The first-order valence-corrected chi connectivity index (χ1v) is 7.75. The summed E-state index contributed by atoms with van der Waals surface area (Å²) in [7, 11) is 0. The molecule has 0 aliphatic heterocycles. The number of nitrogens with zero attached hydrogens (tertiary/aromatic N) is 2. The van der Waals surface area contributed by atoms with Gasteiger partial charge in [-0.05, 0) is 56.0 Å². The Morgan fingerprint density at radius 1 is 1.04 bits per heavy atom. The molecule has 25 heavy (non-hydrogen) atoms. The minimum absolute atomic E-state index is 0.0746. The van der Waals surface area contributed by atoms with Crippen molar-refractivity contribution in [1.82, 2.24) is 10.1 Å². The van der Waals surface area contributed by atoms with Crippen molar-refractivity contribution in [2.45, 2.75) is 27.7 Å². The maximum absolute atomic E-state index is 14.2. The Bertz CT molecular complexity index is 993. The molecule has 0 aliphatic rings. The van der Waals surface area contributed by atoms with Crippen molar-refractivity contribution in [3.63, 3.8) is 0 Å². The van der Waals surface area contributed by atoms with Gasteiger partial charge < -0.3 is 9.63 Å². The Kier molecular flexibility index (Phi) is 4.12. The summed E-state index contributed by atoms with van der Waals surface area (Å²) in [5.41, 5.74) is 3.85. The number of hydrogen-bond donors (Lipinski definition) is 1. The van der Waals surface area contributed by atoms with Gasteiger partial charge in [-0.3, -0.25) is 0 Å². The number of rotatable bonds is 3. The van der Waals surface area contributed by atoms with E-state index in [0.717, 1.165) is 11.1 Å². The molecule has 0 spiro atoms. The Morgan fingerprint density at radius 2 is 1.72 bits per heavy atom. The molecule has 128 valence electrons. The predicted octanol–water partition coefficient (Wildman–Crippen LogP) is 4.47. The van der Waals surface area contributed by atoms with Gasteiger partial charge in [-0.2, -0.15) is 4.98 Å². The first-order chi connectivity index (χ1) is 11.8. The molecule has 0 atom stereocenters. The van der Waals surface area contributed by atoms with Crippen LogP contribution in [0.3, 0.4) is 0 Å². The molecule has 3 aromatic rings. The highest BCUT2D eigenvalue weighted by Crippen LogP contribution is 2.31. The molecule has 0 saturated carbocycles. The molecule has 0 fully saturated rings. The van der Waals surface area contributed by atoms with Crippen molar-refractivity contribution in [3.05, 3.63) is 57.9 Å². The van der Waals surface area contributed by atoms with E-state index in [-0.39, 0.29) is 22.8 Å². The fourth-order valence-corrected chi connectivity index (χ4v) is 2.90. The average molecular weight is 340 g/mol. The summed E-state index contributed by atoms with van der Waals surface area (Å²) in [4.78, 5) is 15.8. The molecule has 5 nitrogen and oxygen atoms in total. The standard InChI is InChI=1S/C19H17FN2O3/c1-9-6-8-14(20)16(11(9)3)18-21-17(22-25-18)13-7-5-10(2)15(12(13)4)19(23)24/h5-8H,1-4H3,(H,23,24). The van der Waals surface area contributed by atoms with Crippen molar-refractivity contribution in [2.24, 2.45) is 0 Å². The molecule has 0 aliphatic carbocycles. The van der Waals surface area contributed by atoms with Gasteiger partial charge in [-0.1, -0.05) is 23.4 Å². The van der Waals surface area contributed by atoms with Crippen LogP contribution in [-0.2, 0) is 0 Å². The Hall–Kier alpha value is -3.02. The van der Waals surface area contributed by atoms with Crippen molar-refractivity contribution in [1.29, 1.82) is 0 Å². The number of aryl methyl sites for hydroxylation is 2. The van der Waals surface area contributed by atoms with Crippen LogP contribution in [0.4, 0.5) is 4.39 Å². The van der Waals surface area contributed by atoms with Crippen molar-refractivity contribution in [2.75, 3.05) is 0 Å². The molecule has 1 heterocycles. The van der Waals surface area contributed by atoms with Crippen LogP contribution in [-0.4, -0.2) is 21.2 Å². The molecule has 1 N–H and O–H groups in total. The fourth-order valence-electron chi connectivity index (χ4n) is 2.90. The lowest BCUT2D eigenvalue weighted by molar-refractivity contribution is 0.0695. The monoisotopic (exact) mass is 340 g/mol. The molecule has 0 unspecified atom stereocenters. The number of aromatic carboxylic acids is 1. The van der Waals surface area contributed by atoms with Crippen LogP contribution in [0.25, 0.3) is 22.8 Å². The third-order valence-corrected chi connectivity index (χ3v) is 4.45. The maximum atomic E-state index is 14.2. The fraction of sp³-hybridized carbons (Fsp3) is 0.211. The second-order valence-electron chi connectivity index (χ2n) is 6.02. The van der Waals surface area contributed by atoms with E-state index < -0.39 is 11.8 Å². The first kappa shape index (κ1) is 16.8. The lowest BCUT2D eigenvalue weighted by atomic mass is 9.97. The molecule has 1 aromatic heterocycles. The summed E-state index contributed by atoms with van der Waals surface area (Å²) in [5, 5.41) is 13.3. The summed E-state index contributed by atoms with van der Waals surface area (Å²) in [6, 6.07) is 6.49. The van der Waals surface area contributed by atoms with Crippen molar-refractivity contribution >= 4 is 5.97 Å². The van der Waals surface area contributed by atoms with Crippen LogP contribution >= 0.6 is 0 Å². The lowest BCUT2D eigenvalue weighted by Crippen LogP contribution is -2.04. The van der Waals surface area contributed by atoms with E-state index in [1.807, 2.05) is 6.92 Å². The van der Waals surface area contributed by atoms with E-state index in [4.69, 9.17) is 4.52 Å². The number of benzene rings is 2. The Labute approximate surface area is 144 Å². The summed E-state index contributed by atoms with van der Waals surface area (Å²) in [5.74, 6) is -1.15. The zero-order valence-electron chi connectivity index (χ0n) is 14.3. The quantitative estimate of drug-likeness (QED) is 0.761. The van der Waals surface area contributed by atoms with Gasteiger partial charge in [0, 0.05) is 5.56 Å². The third kappa shape index (κ3) is 2.80. The SMILES string of the molecule is Cc1ccc(F)c(-c2nc(-c3ccc(C)c(C(=O)O)c3C)no2)c1C. The predicted molar refractivity (Wildman–Crippen MR) is 91.0 cm³/mol. The number of carbonyl (C=O) groups is 1. The van der Waals surface area contributed by atoms with E-state index in [9.17, 15) is 14.3 Å². The first-order valence-electron chi connectivity index (χ1n) is 7.75. The summed E-state index contributed by atoms with van der Waals surface area (Å²) >= 11 is 0. The van der Waals surface area contributed by atoms with Crippen LogP contribution in [0.1, 0.15) is 32.6 Å². The minimum Gasteiger partial charge on any atom is -0.478 e. The Morgan fingerprint density at radius 3 is 2.40 bits per heavy atom. The highest BCUT2D eigenvalue weighted by Gasteiger charge is 2.21. The van der Waals surface area contributed by atoms with Crippen LogP contribution < -0.4 is 0 Å². The van der Waals surface area contributed by atoms with Gasteiger partial charge in [0.2, 0.25) is 5.82 Å². The van der Waals surface area contributed by atoms with Gasteiger partial charge in [0.25, 0.3) is 5.89 Å². The Balaban J connectivity index is 2.14. The zero-order chi connectivity index (χ0) is 18.3. The molecular formula is C19H17FN2O3. The topological polar surface area (TPSA) is 76.2 Å². The number of carboxylic acids is 1. The summed E-state index contributed by atoms with van der Waals surface area (Å²) < 4.78 is 19.5. The normalized spacial score (nSPS) is 10.9. The van der Waals surface area contributed by atoms with E-state index in [1.165, 1.54) is 6.07 Å². The molecule has 0 saturated heterocycles. The van der Waals surface area contributed by atoms with Gasteiger partial charge in [0.15, 0.2) is 0 Å². The molecule has 2 aromatic carbocycles. The molecule has 3 rings (SSSR count). The highest BCUT2D eigenvalue weighted by molar-refractivity contribution is 5.93.